The van der Waals surface area contributed by atoms with E-state index in [1.807, 2.05) is 24.3 Å². The number of imidazole rings is 1. The second-order valence-corrected chi connectivity index (χ2v) is 7.72. The molecule has 3 aromatic carbocycles. The topological polar surface area (TPSA) is 84.1 Å². The Labute approximate surface area is 188 Å². The molecule has 2 N–H and O–H groups in total. The summed E-state index contributed by atoms with van der Waals surface area (Å²) in [6, 6.07) is 19.2. The Morgan fingerprint density at radius 3 is 2.42 bits per heavy atom. The highest BCUT2D eigenvalue weighted by Crippen LogP contribution is 2.25. The SMILES string of the molecule is CC(OC(=O)c1ccccc1-c1nc2ccccc2[nH]1)C(=O)Nc1cc(Cl)cc(Cl)c1. The van der Waals surface area contributed by atoms with E-state index in [0.717, 1.165) is 11.0 Å². The van der Waals surface area contributed by atoms with E-state index in [1.165, 1.54) is 6.92 Å². The highest BCUT2D eigenvalue weighted by molar-refractivity contribution is 6.35. The maximum atomic E-state index is 12.8. The van der Waals surface area contributed by atoms with Gasteiger partial charge in [-0.2, -0.15) is 0 Å². The lowest BCUT2D eigenvalue weighted by Crippen LogP contribution is -2.30. The summed E-state index contributed by atoms with van der Waals surface area (Å²) in [7, 11) is 0. The van der Waals surface area contributed by atoms with Gasteiger partial charge in [-0.25, -0.2) is 9.78 Å². The highest BCUT2D eigenvalue weighted by Gasteiger charge is 2.22. The van der Waals surface area contributed by atoms with E-state index in [4.69, 9.17) is 27.9 Å². The monoisotopic (exact) mass is 453 g/mol. The van der Waals surface area contributed by atoms with Crippen LogP contribution >= 0.6 is 23.2 Å². The first-order valence-electron chi connectivity index (χ1n) is 9.43. The summed E-state index contributed by atoms with van der Waals surface area (Å²) >= 11 is 11.9. The predicted molar refractivity (Wildman–Crippen MR) is 121 cm³/mol. The molecule has 0 aliphatic rings. The molecule has 1 unspecified atom stereocenters. The first kappa shape index (κ1) is 20.9. The number of carbonyl (C=O) groups excluding carboxylic acids is 2. The Morgan fingerprint density at radius 2 is 1.68 bits per heavy atom. The van der Waals surface area contributed by atoms with Gasteiger partial charge in [-0.3, -0.25) is 4.79 Å². The third-order valence-electron chi connectivity index (χ3n) is 4.57. The number of ether oxygens (including phenoxy) is 1. The molecule has 4 aromatic rings. The molecular formula is C23H17Cl2N3O3. The van der Waals surface area contributed by atoms with Gasteiger partial charge in [0.25, 0.3) is 5.91 Å². The molecule has 0 aliphatic carbocycles. The van der Waals surface area contributed by atoms with E-state index >= 15 is 0 Å². The molecule has 1 aromatic heterocycles. The van der Waals surface area contributed by atoms with Crippen molar-refractivity contribution in [1.29, 1.82) is 0 Å². The number of rotatable bonds is 5. The molecule has 156 valence electrons. The summed E-state index contributed by atoms with van der Waals surface area (Å²) < 4.78 is 5.41. The van der Waals surface area contributed by atoms with Crippen molar-refractivity contribution in [2.75, 3.05) is 5.32 Å². The van der Waals surface area contributed by atoms with E-state index < -0.39 is 18.0 Å². The Bertz CT molecular complexity index is 1230. The second-order valence-electron chi connectivity index (χ2n) is 6.84. The fourth-order valence-corrected chi connectivity index (χ4v) is 3.62. The van der Waals surface area contributed by atoms with Gasteiger partial charge < -0.3 is 15.0 Å². The minimum atomic E-state index is -1.05. The van der Waals surface area contributed by atoms with Crippen molar-refractivity contribution in [1.82, 2.24) is 9.97 Å². The Kier molecular flexibility index (Phi) is 5.93. The number of nitrogens with one attached hydrogen (secondary N) is 2. The molecule has 0 fully saturated rings. The molecule has 1 atom stereocenters. The number of hydrogen-bond acceptors (Lipinski definition) is 4. The van der Waals surface area contributed by atoms with E-state index in [0.29, 0.717) is 32.7 Å². The molecule has 4 rings (SSSR count). The van der Waals surface area contributed by atoms with Gasteiger partial charge in [0.05, 0.1) is 16.6 Å². The third-order valence-corrected chi connectivity index (χ3v) is 5.01. The van der Waals surface area contributed by atoms with Gasteiger partial charge in [0.1, 0.15) is 5.82 Å². The van der Waals surface area contributed by atoms with Crippen LogP contribution in [0.15, 0.2) is 66.7 Å². The zero-order valence-corrected chi connectivity index (χ0v) is 17.9. The zero-order valence-electron chi connectivity index (χ0n) is 16.4. The van der Waals surface area contributed by atoms with Crippen LogP contribution in [-0.2, 0) is 9.53 Å². The summed E-state index contributed by atoms with van der Waals surface area (Å²) in [6.07, 6.45) is -1.05. The molecule has 0 spiro atoms. The maximum Gasteiger partial charge on any atom is 0.339 e. The van der Waals surface area contributed by atoms with Gasteiger partial charge in [-0.15, -0.1) is 0 Å². The lowest BCUT2D eigenvalue weighted by Gasteiger charge is -2.15. The van der Waals surface area contributed by atoms with E-state index in [1.54, 1.807) is 42.5 Å². The average molecular weight is 454 g/mol. The van der Waals surface area contributed by atoms with Crippen molar-refractivity contribution in [2.45, 2.75) is 13.0 Å². The van der Waals surface area contributed by atoms with E-state index in [-0.39, 0.29) is 0 Å². The summed E-state index contributed by atoms with van der Waals surface area (Å²) in [4.78, 5) is 33.1. The molecule has 1 heterocycles. The van der Waals surface area contributed by atoms with Gasteiger partial charge in [0.2, 0.25) is 0 Å². The van der Waals surface area contributed by atoms with Crippen molar-refractivity contribution >= 4 is 51.8 Å². The van der Waals surface area contributed by atoms with Crippen molar-refractivity contribution in [3.8, 4) is 11.4 Å². The van der Waals surface area contributed by atoms with Gasteiger partial charge in [0, 0.05) is 21.3 Å². The molecule has 6 nitrogen and oxygen atoms in total. The lowest BCUT2D eigenvalue weighted by molar-refractivity contribution is -0.123. The summed E-state index contributed by atoms with van der Waals surface area (Å²) in [6.45, 7) is 1.49. The Hall–Kier alpha value is -3.35. The molecular weight excluding hydrogens is 437 g/mol. The van der Waals surface area contributed by atoms with Gasteiger partial charge in [0.15, 0.2) is 6.10 Å². The molecule has 0 aliphatic heterocycles. The number of carbonyl (C=O) groups is 2. The van der Waals surface area contributed by atoms with Crippen molar-refractivity contribution in [3.05, 3.63) is 82.3 Å². The minimum absolute atomic E-state index is 0.298. The number of para-hydroxylation sites is 2. The summed E-state index contributed by atoms with van der Waals surface area (Å²) in [5.74, 6) is -0.602. The van der Waals surface area contributed by atoms with Crippen LogP contribution in [0.25, 0.3) is 22.4 Å². The smallest absolute Gasteiger partial charge is 0.339 e. The van der Waals surface area contributed by atoms with Crippen LogP contribution in [-0.4, -0.2) is 27.9 Å². The molecule has 31 heavy (non-hydrogen) atoms. The highest BCUT2D eigenvalue weighted by atomic mass is 35.5. The number of anilines is 1. The molecule has 0 saturated carbocycles. The van der Waals surface area contributed by atoms with E-state index in [9.17, 15) is 9.59 Å². The predicted octanol–water partition coefficient (Wildman–Crippen LogP) is 5.72. The van der Waals surface area contributed by atoms with Crippen LogP contribution in [0.3, 0.4) is 0 Å². The number of halogens is 2. The number of nitrogens with zero attached hydrogens (tertiary/aromatic N) is 1. The minimum Gasteiger partial charge on any atom is -0.449 e. The fourth-order valence-electron chi connectivity index (χ4n) is 3.10. The average Bonchev–Trinajstić information content (AvgIpc) is 3.17. The third kappa shape index (κ3) is 4.71. The summed E-state index contributed by atoms with van der Waals surface area (Å²) in [5.41, 5.74) is 2.93. The largest absolute Gasteiger partial charge is 0.449 e. The van der Waals surface area contributed by atoms with Crippen LogP contribution in [0.5, 0.6) is 0 Å². The van der Waals surface area contributed by atoms with Crippen molar-refractivity contribution in [3.63, 3.8) is 0 Å². The fraction of sp³-hybridized carbons (Fsp3) is 0.0870. The lowest BCUT2D eigenvalue weighted by atomic mass is 10.1. The number of H-pyrrole nitrogens is 1. The van der Waals surface area contributed by atoms with Crippen molar-refractivity contribution < 1.29 is 14.3 Å². The zero-order chi connectivity index (χ0) is 22.0. The standard InChI is InChI=1S/C23H17Cl2N3O3/c1-13(22(29)26-16-11-14(24)10-15(25)12-16)31-23(30)18-7-3-2-6-17(18)21-27-19-8-4-5-9-20(19)28-21/h2-13H,1H3,(H,26,29)(H,27,28). The number of hydrogen-bond donors (Lipinski definition) is 2. The van der Waals surface area contributed by atoms with Crippen LogP contribution in [0, 0.1) is 0 Å². The summed E-state index contributed by atoms with van der Waals surface area (Å²) in [5, 5.41) is 3.40. The number of benzene rings is 3. The first-order valence-corrected chi connectivity index (χ1v) is 10.2. The van der Waals surface area contributed by atoms with Gasteiger partial charge in [-0.1, -0.05) is 53.5 Å². The van der Waals surface area contributed by atoms with Crippen LogP contribution in [0.1, 0.15) is 17.3 Å². The number of amides is 1. The van der Waals surface area contributed by atoms with Crippen LogP contribution < -0.4 is 5.32 Å². The van der Waals surface area contributed by atoms with Crippen molar-refractivity contribution in [2.24, 2.45) is 0 Å². The molecule has 1 amide bonds. The number of aromatic amines is 1. The normalized spacial score (nSPS) is 11.8. The van der Waals surface area contributed by atoms with Crippen LogP contribution in [0.4, 0.5) is 5.69 Å². The quantitative estimate of drug-likeness (QED) is 0.378. The number of aromatic nitrogens is 2. The van der Waals surface area contributed by atoms with Gasteiger partial charge >= 0.3 is 5.97 Å². The number of fused-ring (bicyclic) bond motifs is 1. The maximum absolute atomic E-state index is 12.8. The Balaban J connectivity index is 1.52. The molecule has 0 radical (unpaired) electrons. The second kappa shape index (κ2) is 8.79. The molecule has 0 saturated heterocycles. The van der Waals surface area contributed by atoms with E-state index in [2.05, 4.69) is 15.3 Å². The first-order chi connectivity index (χ1) is 14.9. The number of esters is 1. The Morgan fingerprint density at radius 1 is 1.00 bits per heavy atom. The molecule has 8 heteroatoms. The molecule has 0 bridgehead atoms. The van der Waals surface area contributed by atoms with Crippen LogP contribution in [0.2, 0.25) is 10.0 Å². The van der Waals surface area contributed by atoms with Gasteiger partial charge in [-0.05, 0) is 43.3 Å².